The highest BCUT2D eigenvalue weighted by molar-refractivity contribution is 5.75. The summed E-state index contributed by atoms with van der Waals surface area (Å²) in [7, 11) is 0. The summed E-state index contributed by atoms with van der Waals surface area (Å²) in [6.07, 6.45) is 9.49. The van der Waals surface area contributed by atoms with Crippen LogP contribution < -0.4 is 10.6 Å². The summed E-state index contributed by atoms with van der Waals surface area (Å²) in [4.78, 5) is 14.3. The Kier molecular flexibility index (Phi) is 7.37. The number of carbonyl (C=O) groups is 1. The molecule has 0 aromatic rings. The van der Waals surface area contributed by atoms with Gasteiger partial charge >= 0.3 is 0 Å². The van der Waals surface area contributed by atoms with Crippen molar-refractivity contribution in [3.05, 3.63) is 0 Å². The van der Waals surface area contributed by atoms with E-state index in [1.165, 1.54) is 45.2 Å². The molecule has 1 atom stereocenters. The summed E-state index contributed by atoms with van der Waals surface area (Å²) >= 11 is 0. The predicted molar refractivity (Wildman–Crippen MR) is 82.7 cm³/mol. The van der Waals surface area contributed by atoms with E-state index in [0.29, 0.717) is 12.3 Å². The van der Waals surface area contributed by atoms with Gasteiger partial charge in [0.25, 0.3) is 0 Å². The molecule has 2 aliphatic heterocycles. The van der Waals surface area contributed by atoms with E-state index < -0.39 is 0 Å². The first kappa shape index (κ1) is 15.8. The van der Waals surface area contributed by atoms with Gasteiger partial charge in [-0.1, -0.05) is 6.42 Å². The van der Waals surface area contributed by atoms with Crippen LogP contribution in [0.15, 0.2) is 0 Å². The highest BCUT2D eigenvalue weighted by Gasteiger charge is 2.14. The summed E-state index contributed by atoms with van der Waals surface area (Å²) < 4.78 is 0. The molecule has 0 aliphatic carbocycles. The molecule has 0 aromatic heterocycles. The van der Waals surface area contributed by atoms with Crippen LogP contribution >= 0.6 is 0 Å². The van der Waals surface area contributed by atoms with Crippen molar-refractivity contribution < 1.29 is 4.79 Å². The Hall–Kier alpha value is -0.610. The minimum Gasteiger partial charge on any atom is -0.356 e. The number of piperidine rings is 2. The van der Waals surface area contributed by atoms with Gasteiger partial charge in [-0.05, 0) is 77.2 Å². The normalized spacial score (nSPS) is 24.5. The van der Waals surface area contributed by atoms with E-state index in [1.807, 2.05) is 0 Å². The van der Waals surface area contributed by atoms with Crippen molar-refractivity contribution in [1.29, 1.82) is 0 Å². The maximum atomic E-state index is 11.8. The molecule has 2 aliphatic rings. The van der Waals surface area contributed by atoms with Crippen LogP contribution in [0.4, 0.5) is 0 Å². The van der Waals surface area contributed by atoms with Gasteiger partial charge in [0, 0.05) is 13.0 Å². The molecule has 1 unspecified atom stereocenters. The maximum absolute atomic E-state index is 11.8. The van der Waals surface area contributed by atoms with E-state index in [-0.39, 0.29) is 5.91 Å². The molecule has 1 amide bonds. The number of nitrogens with zero attached hydrogens (tertiary/aromatic N) is 1. The van der Waals surface area contributed by atoms with Crippen molar-refractivity contribution in [1.82, 2.24) is 15.5 Å². The minimum atomic E-state index is 0.245. The molecule has 0 bridgehead atoms. The molecule has 2 rings (SSSR count). The summed E-state index contributed by atoms with van der Waals surface area (Å²) in [5.74, 6) is 0.956. The van der Waals surface area contributed by atoms with Crippen LogP contribution in [0, 0.1) is 5.92 Å². The third-order valence-corrected chi connectivity index (χ3v) is 4.60. The van der Waals surface area contributed by atoms with Crippen LogP contribution in [-0.2, 0) is 4.79 Å². The maximum Gasteiger partial charge on any atom is 0.220 e. The summed E-state index contributed by atoms with van der Waals surface area (Å²) in [6.45, 7) is 6.75. The molecular weight excluding hydrogens is 250 g/mol. The third kappa shape index (κ3) is 6.23. The second-order valence-electron chi connectivity index (χ2n) is 6.36. The molecule has 0 spiro atoms. The Bertz CT molecular complexity index is 271. The molecule has 4 nitrogen and oxygen atoms in total. The highest BCUT2D eigenvalue weighted by atomic mass is 16.1. The van der Waals surface area contributed by atoms with Crippen molar-refractivity contribution in [2.24, 2.45) is 5.92 Å². The smallest absolute Gasteiger partial charge is 0.220 e. The Labute approximate surface area is 123 Å². The van der Waals surface area contributed by atoms with Crippen LogP contribution in [-0.4, -0.2) is 50.1 Å². The summed E-state index contributed by atoms with van der Waals surface area (Å²) in [6, 6.07) is 0. The zero-order chi connectivity index (χ0) is 14.0. The fourth-order valence-electron chi connectivity index (χ4n) is 3.31. The quantitative estimate of drug-likeness (QED) is 0.699. The molecule has 2 saturated heterocycles. The Morgan fingerprint density at radius 3 is 2.80 bits per heavy atom. The van der Waals surface area contributed by atoms with Gasteiger partial charge in [0.2, 0.25) is 5.91 Å². The van der Waals surface area contributed by atoms with Gasteiger partial charge in [-0.3, -0.25) is 4.79 Å². The highest BCUT2D eigenvalue weighted by Crippen LogP contribution is 2.15. The first-order chi connectivity index (χ1) is 9.84. The van der Waals surface area contributed by atoms with Gasteiger partial charge in [0.1, 0.15) is 0 Å². The lowest BCUT2D eigenvalue weighted by atomic mass is 9.94. The summed E-state index contributed by atoms with van der Waals surface area (Å²) in [5, 5.41) is 6.49. The first-order valence-electron chi connectivity index (χ1n) is 8.54. The molecule has 20 heavy (non-hydrogen) atoms. The molecule has 116 valence electrons. The summed E-state index contributed by atoms with van der Waals surface area (Å²) in [5.41, 5.74) is 0. The van der Waals surface area contributed by atoms with Crippen molar-refractivity contribution in [2.75, 3.05) is 39.3 Å². The average molecular weight is 281 g/mol. The SMILES string of the molecule is O=C(CCC1CCCNC1)NCCCN1CCCCC1. The number of carbonyl (C=O) groups excluding carboxylic acids is 1. The molecule has 0 radical (unpaired) electrons. The van der Waals surface area contributed by atoms with Crippen LogP contribution in [0.3, 0.4) is 0 Å². The molecule has 2 fully saturated rings. The zero-order valence-corrected chi connectivity index (χ0v) is 12.8. The van der Waals surface area contributed by atoms with Crippen molar-refractivity contribution in [3.63, 3.8) is 0 Å². The topological polar surface area (TPSA) is 44.4 Å². The van der Waals surface area contributed by atoms with Crippen molar-refractivity contribution in [3.8, 4) is 0 Å². The average Bonchev–Trinajstić information content (AvgIpc) is 2.52. The number of hydrogen-bond acceptors (Lipinski definition) is 3. The van der Waals surface area contributed by atoms with Gasteiger partial charge in [0.15, 0.2) is 0 Å². The lowest BCUT2D eigenvalue weighted by molar-refractivity contribution is -0.121. The monoisotopic (exact) mass is 281 g/mol. The molecular formula is C16H31N3O. The number of likely N-dealkylation sites (tertiary alicyclic amines) is 1. The van der Waals surface area contributed by atoms with Gasteiger partial charge in [-0.2, -0.15) is 0 Å². The van der Waals surface area contributed by atoms with Crippen LogP contribution in [0.1, 0.15) is 51.4 Å². The second-order valence-corrected chi connectivity index (χ2v) is 6.36. The van der Waals surface area contributed by atoms with E-state index in [4.69, 9.17) is 0 Å². The standard InChI is InChI=1S/C16H31N3O/c20-16(8-7-15-6-4-9-17-14-15)18-10-5-13-19-11-2-1-3-12-19/h15,17H,1-14H2,(H,18,20). The molecule has 2 N–H and O–H groups in total. The Morgan fingerprint density at radius 2 is 2.05 bits per heavy atom. The molecule has 0 saturated carbocycles. The fraction of sp³-hybridized carbons (Fsp3) is 0.938. The van der Waals surface area contributed by atoms with Crippen molar-refractivity contribution >= 4 is 5.91 Å². The first-order valence-corrected chi connectivity index (χ1v) is 8.54. The van der Waals surface area contributed by atoms with Gasteiger partial charge < -0.3 is 15.5 Å². The Balaban J connectivity index is 1.45. The largest absolute Gasteiger partial charge is 0.356 e. The van der Waals surface area contributed by atoms with Gasteiger partial charge in [-0.15, -0.1) is 0 Å². The molecule has 0 aromatic carbocycles. The zero-order valence-electron chi connectivity index (χ0n) is 12.8. The number of rotatable bonds is 7. The number of nitrogens with one attached hydrogen (secondary N) is 2. The molecule has 4 heteroatoms. The lowest BCUT2D eigenvalue weighted by Gasteiger charge is -2.26. The van der Waals surface area contributed by atoms with E-state index in [0.717, 1.165) is 39.0 Å². The third-order valence-electron chi connectivity index (χ3n) is 4.60. The molecule has 2 heterocycles. The van der Waals surface area contributed by atoms with E-state index >= 15 is 0 Å². The lowest BCUT2D eigenvalue weighted by Crippen LogP contribution is -2.34. The van der Waals surface area contributed by atoms with Crippen LogP contribution in [0.5, 0.6) is 0 Å². The van der Waals surface area contributed by atoms with Crippen molar-refractivity contribution in [2.45, 2.75) is 51.4 Å². The van der Waals surface area contributed by atoms with E-state index in [1.54, 1.807) is 0 Å². The number of amides is 1. The van der Waals surface area contributed by atoms with Gasteiger partial charge in [-0.25, -0.2) is 0 Å². The van der Waals surface area contributed by atoms with E-state index in [9.17, 15) is 4.79 Å². The Morgan fingerprint density at radius 1 is 1.20 bits per heavy atom. The minimum absolute atomic E-state index is 0.245. The second kappa shape index (κ2) is 9.35. The van der Waals surface area contributed by atoms with Gasteiger partial charge in [0.05, 0.1) is 0 Å². The number of hydrogen-bond donors (Lipinski definition) is 2. The van der Waals surface area contributed by atoms with E-state index in [2.05, 4.69) is 15.5 Å². The van der Waals surface area contributed by atoms with Crippen LogP contribution in [0.25, 0.3) is 0 Å². The predicted octanol–water partition coefficient (Wildman–Crippen LogP) is 1.76. The van der Waals surface area contributed by atoms with Crippen LogP contribution in [0.2, 0.25) is 0 Å². The fourth-order valence-corrected chi connectivity index (χ4v) is 3.31.